The van der Waals surface area contributed by atoms with E-state index in [0.717, 1.165) is 6.42 Å². The largest absolute Gasteiger partial charge is 0.147 e. The van der Waals surface area contributed by atoms with Crippen LogP contribution in [0.25, 0.3) is 0 Å². The van der Waals surface area contributed by atoms with E-state index in [1.807, 2.05) is 0 Å². The first-order valence-electron chi connectivity index (χ1n) is 2.64. The first kappa shape index (κ1) is 12.2. The van der Waals surface area contributed by atoms with Crippen LogP contribution in [-0.4, -0.2) is 0 Å². The second-order valence-electron chi connectivity index (χ2n) is 2.01. The Balaban J connectivity index is 0. The molecular formula is C7H11ClTi. The maximum atomic E-state index is 2.25. The van der Waals surface area contributed by atoms with Crippen LogP contribution < -0.4 is 0 Å². The van der Waals surface area contributed by atoms with Gasteiger partial charge in [0.15, 0.2) is 0 Å². The van der Waals surface area contributed by atoms with Crippen LogP contribution in [0.3, 0.4) is 0 Å². The minimum Gasteiger partial charge on any atom is -0.147 e. The molecule has 0 aliphatic heterocycles. The molecule has 0 amide bonds. The first-order valence-corrected chi connectivity index (χ1v) is 2.64. The average molecular weight is 178 g/mol. The van der Waals surface area contributed by atoms with Gasteiger partial charge in [0, 0.05) is 21.7 Å². The van der Waals surface area contributed by atoms with Crippen LogP contribution in [-0.2, 0) is 21.7 Å². The van der Waals surface area contributed by atoms with Crippen LogP contribution in [0.5, 0.6) is 0 Å². The molecule has 0 aromatic rings. The smallest absolute Gasteiger partial charge is 0 e. The van der Waals surface area contributed by atoms with Crippen LogP contribution >= 0.6 is 12.4 Å². The summed E-state index contributed by atoms with van der Waals surface area (Å²) in [5.41, 5.74) is 2.89. The van der Waals surface area contributed by atoms with Crippen LogP contribution in [0.15, 0.2) is 23.3 Å². The van der Waals surface area contributed by atoms with Gasteiger partial charge in [0.05, 0.1) is 0 Å². The summed E-state index contributed by atoms with van der Waals surface area (Å²) in [7, 11) is 0. The maximum absolute atomic E-state index is 2.25. The minimum absolute atomic E-state index is 0. The van der Waals surface area contributed by atoms with Gasteiger partial charge in [-0.15, -0.1) is 12.4 Å². The molecule has 50 valence electrons. The van der Waals surface area contributed by atoms with Crippen molar-refractivity contribution in [1.82, 2.24) is 0 Å². The molecule has 0 atom stereocenters. The summed E-state index contributed by atoms with van der Waals surface area (Å²) in [6, 6.07) is 0. The molecule has 0 nitrogen and oxygen atoms in total. The van der Waals surface area contributed by atoms with E-state index in [1.54, 1.807) is 0 Å². The van der Waals surface area contributed by atoms with Crippen molar-refractivity contribution in [2.24, 2.45) is 0 Å². The molecule has 1 aliphatic rings. The fourth-order valence-electron chi connectivity index (χ4n) is 0.734. The van der Waals surface area contributed by atoms with Crippen molar-refractivity contribution in [3.63, 3.8) is 0 Å². The summed E-state index contributed by atoms with van der Waals surface area (Å²) in [5, 5.41) is 0. The average Bonchev–Trinajstić information content (AvgIpc) is 1.91. The molecule has 0 fully saturated rings. The molecule has 2 heteroatoms. The topological polar surface area (TPSA) is 0 Å². The number of allylic oxidation sites excluding steroid dienone is 4. The summed E-state index contributed by atoms with van der Waals surface area (Å²) < 4.78 is 0. The number of hydrogen-bond donors (Lipinski definition) is 0. The molecule has 9 heavy (non-hydrogen) atoms. The second-order valence-corrected chi connectivity index (χ2v) is 2.01. The Hall–Kier alpha value is 0.484. The molecular weight excluding hydrogens is 167 g/mol. The molecule has 0 saturated heterocycles. The predicted octanol–water partition coefficient (Wildman–Crippen LogP) is 2.70. The molecule has 0 unspecified atom stereocenters. The van der Waals surface area contributed by atoms with Crippen LogP contribution in [0.4, 0.5) is 0 Å². The summed E-state index contributed by atoms with van der Waals surface area (Å²) in [5.74, 6) is 0. The van der Waals surface area contributed by atoms with Crippen molar-refractivity contribution in [3.05, 3.63) is 23.3 Å². The van der Waals surface area contributed by atoms with Crippen molar-refractivity contribution < 1.29 is 21.7 Å². The van der Waals surface area contributed by atoms with Gasteiger partial charge >= 0.3 is 0 Å². The summed E-state index contributed by atoms with van der Waals surface area (Å²) in [6.45, 7) is 4.30. The standard InChI is InChI=1S/C7H10.ClH.Ti/c1-6-4-3-5-7(6)2;;/h4-5H,3H2,1-2H3;1H;. The Morgan fingerprint density at radius 1 is 1.11 bits per heavy atom. The fourth-order valence-corrected chi connectivity index (χ4v) is 0.734. The Bertz CT molecular complexity index is 120. The monoisotopic (exact) mass is 178 g/mol. The van der Waals surface area contributed by atoms with Gasteiger partial charge in [0.25, 0.3) is 0 Å². The molecule has 1 rings (SSSR count). The van der Waals surface area contributed by atoms with Gasteiger partial charge < -0.3 is 0 Å². The molecule has 0 spiro atoms. The zero-order chi connectivity index (χ0) is 5.28. The van der Waals surface area contributed by atoms with E-state index in [4.69, 9.17) is 0 Å². The molecule has 1 aliphatic carbocycles. The molecule has 0 radical (unpaired) electrons. The molecule has 0 N–H and O–H groups in total. The molecule has 0 aromatic heterocycles. The summed E-state index contributed by atoms with van der Waals surface area (Å²) >= 11 is 0. The van der Waals surface area contributed by atoms with Crippen molar-refractivity contribution in [1.29, 1.82) is 0 Å². The predicted molar refractivity (Wildman–Crippen MR) is 39.4 cm³/mol. The number of hydrogen-bond acceptors (Lipinski definition) is 0. The van der Waals surface area contributed by atoms with Gasteiger partial charge in [-0.05, 0) is 20.3 Å². The SMILES string of the molecule is CC1=CCC=C1C.Cl.[Ti]. The van der Waals surface area contributed by atoms with Gasteiger partial charge in [0.2, 0.25) is 0 Å². The van der Waals surface area contributed by atoms with E-state index < -0.39 is 0 Å². The third-order valence-corrected chi connectivity index (χ3v) is 1.47. The summed E-state index contributed by atoms with van der Waals surface area (Å²) in [4.78, 5) is 0. The van der Waals surface area contributed by atoms with Crippen molar-refractivity contribution in [2.45, 2.75) is 20.3 Å². The van der Waals surface area contributed by atoms with Gasteiger partial charge in [-0.3, -0.25) is 0 Å². The van der Waals surface area contributed by atoms with E-state index in [0.29, 0.717) is 0 Å². The van der Waals surface area contributed by atoms with E-state index in [2.05, 4.69) is 26.0 Å². The maximum Gasteiger partial charge on any atom is 0 e. The fraction of sp³-hybridized carbons (Fsp3) is 0.429. The van der Waals surface area contributed by atoms with Gasteiger partial charge in [-0.25, -0.2) is 0 Å². The van der Waals surface area contributed by atoms with Crippen molar-refractivity contribution in [3.8, 4) is 0 Å². The molecule has 0 saturated carbocycles. The van der Waals surface area contributed by atoms with Gasteiger partial charge in [-0.2, -0.15) is 0 Å². The Labute approximate surface area is 77.7 Å². The Morgan fingerprint density at radius 3 is 1.56 bits per heavy atom. The Morgan fingerprint density at radius 2 is 1.44 bits per heavy atom. The third-order valence-electron chi connectivity index (χ3n) is 1.47. The molecule has 0 bridgehead atoms. The summed E-state index contributed by atoms with van der Waals surface area (Å²) in [6.07, 6.45) is 5.64. The second kappa shape index (κ2) is 5.28. The number of halogens is 1. The van der Waals surface area contributed by atoms with Crippen molar-refractivity contribution in [2.75, 3.05) is 0 Å². The van der Waals surface area contributed by atoms with Crippen LogP contribution in [0.1, 0.15) is 20.3 Å². The van der Waals surface area contributed by atoms with Gasteiger partial charge in [-0.1, -0.05) is 23.3 Å². The van der Waals surface area contributed by atoms with E-state index in [-0.39, 0.29) is 34.1 Å². The Kier molecular flexibility index (Phi) is 7.15. The van der Waals surface area contributed by atoms with Crippen LogP contribution in [0.2, 0.25) is 0 Å². The third kappa shape index (κ3) is 3.25. The zero-order valence-corrected chi connectivity index (χ0v) is 8.15. The van der Waals surface area contributed by atoms with E-state index in [1.165, 1.54) is 11.1 Å². The van der Waals surface area contributed by atoms with Gasteiger partial charge in [0.1, 0.15) is 0 Å². The molecule has 0 aromatic carbocycles. The van der Waals surface area contributed by atoms with E-state index >= 15 is 0 Å². The van der Waals surface area contributed by atoms with Crippen LogP contribution in [0, 0.1) is 0 Å². The molecule has 0 heterocycles. The quantitative estimate of drug-likeness (QED) is 0.501. The first-order chi connectivity index (χ1) is 3.30. The minimum atomic E-state index is 0. The van der Waals surface area contributed by atoms with E-state index in [9.17, 15) is 0 Å². The zero-order valence-electron chi connectivity index (χ0n) is 5.77. The normalized spacial score (nSPS) is 14.9. The number of rotatable bonds is 0. The van der Waals surface area contributed by atoms with Crippen molar-refractivity contribution >= 4 is 12.4 Å².